The van der Waals surface area contributed by atoms with Gasteiger partial charge in [-0.2, -0.15) is 0 Å². The Balaban J connectivity index is 2.70. The highest BCUT2D eigenvalue weighted by Gasteiger charge is 2.30. The second-order valence-electron chi connectivity index (χ2n) is 6.54. The fourth-order valence-electron chi connectivity index (χ4n) is 2.80. The van der Waals surface area contributed by atoms with Crippen LogP contribution >= 0.6 is 0 Å². The van der Waals surface area contributed by atoms with Crippen LogP contribution in [0.25, 0.3) is 0 Å². The fourth-order valence-corrected chi connectivity index (χ4v) is 2.80. The summed E-state index contributed by atoms with van der Waals surface area (Å²) in [7, 11) is 6.39. The number of rotatable bonds is 4. The Hall–Kier alpha value is -1.25. The van der Waals surface area contributed by atoms with Gasteiger partial charge in [0.15, 0.2) is 0 Å². The van der Waals surface area contributed by atoms with Crippen molar-refractivity contribution >= 4 is 13.8 Å². The van der Waals surface area contributed by atoms with E-state index in [0.717, 1.165) is 38.5 Å². The molecule has 0 aromatic carbocycles. The van der Waals surface area contributed by atoms with Crippen molar-refractivity contribution in [2.45, 2.75) is 57.8 Å². The van der Waals surface area contributed by atoms with Gasteiger partial charge in [-0.15, -0.1) is 0 Å². The van der Waals surface area contributed by atoms with Crippen molar-refractivity contribution in [3.8, 4) is 0 Å². The molecule has 0 aromatic rings. The molecule has 20 heavy (non-hydrogen) atoms. The Morgan fingerprint density at radius 1 is 1.15 bits per heavy atom. The monoisotopic (exact) mass is 271 g/mol. The maximum atomic E-state index is 12.2. The minimum absolute atomic E-state index is 0.165. The van der Waals surface area contributed by atoms with Crippen LogP contribution in [0.5, 0.6) is 0 Å². The molecule has 0 atom stereocenters. The van der Waals surface area contributed by atoms with Gasteiger partial charge in [-0.3, -0.25) is 4.79 Å². The zero-order chi connectivity index (χ0) is 15.2. The third-order valence-corrected chi connectivity index (χ3v) is 4.09. The molecule has 1 N–H and O–H groups in total. The lowest BCUT2D eigenvalue weighted by Gasteiger charge is -2.37. The highest BCUT2D eigenvalue weighted by atomic mass is 16.1. The predicted octanol–water partition coefficient (Wildman–Crippen LogP) is 3.65. The number of carbonyl (C=O) groups is 1. The smallest absolute Gasteiger partial charge is 0.251 e. The molecule has 0 unspecified atom stereocenters. The standard InChI is InChI=1S/C17H26BNO/c1-5-9-14(6-2)15(20)19-17(18)12-7-10-16(3,4)11-8-13-17/h5-6,9H,1-2,7-8,10-13H2,3-4H3,(H,19,20)/b14-9+. The van der Waals surface area contributed by atoms with Crippen LogP contribution in [0, 0.1) is 5.41 Å². The fraction of sp³-hybridized carbons (Fsp3) is 0.588. The van der Waals surface area contributed by atoms with Gasteiger partial charge in [0.1, 0.15) is 7.85 Å². The molecule has 0 heterocycles. The number of amides is 1. The number of carbonyl (C=O) groups excluding carboxylic acids is 1. The van der Waals surface area contributed by atoms with Crippen molar-refractivity contribution in [1.82, 2.24) is 5.32 Å². The quantitative estimate of drug-likeness (QED) is 0.472. The van der Waals surface area contributed by atoms with Crippen molar-refractivity contribution < 1.29 is 4.79 Å². The van der Waals surface area contributed by atoms with Crippen molar-refractivity contribution in [3.63, 3.8) is 0 Å². The van der Waals surface area contributed by atoms with Crippen LogP contribution in [0.4, 0.5) is 0 Å². The minimum atomic E-state index is -0.600. The van der Waals surface area contributed by atoms with Crippen LogP contribution < -0.4 is 5.32 Å². The van der Waals surface area contributed by atoms with E-state index in [-0.39, 0.29) is 5.91 Å². The molecule has 2 radical (unpaired) electrons. The molecule has 1 aliphatic rings. The summed E-state index contributed by atoms with van der Waals surface area (Å²) in [6.45, 7) is 11.9. The van der Waals surface area contributed by atoms with Gasteiger partial charge in [0.2, 0.25) is 0 Å². The van der Waals surface area contributed by atoms with Gasteiger partial charge in [-0.1, -0.05) is 58.1 Å². The Morgan fingerprint density at radius 2 is 1.70 bits per heavy atom. The zero-order valence-electron chi connectivity index (χ0n) is 12.9. The van der Waals surface area contributed by atoms with E-state index < -0.39 is 5.44 Å². The highest BCUT2D eigenvalue weighted by molar-refractivity contribution is 6.17. The van der Waals surface area contributed by atoms with Crippen molar-refractivity contribution in [2.75, 3.05) is 0 Å². The van der Waals surface area contributed by atoms with Crippen molar-refractivity contribution in [2.24, 2.45) is 5.41 Å². The average molecular weight is 271 g/mol. The van der Waals surface area contributed by atoms with Gasteiger partial charge in [0.25, 0.3) is 5.91 Å². The molecule has 1 rings (SSSR count). The molecule has 0 aromatic heterocycles. The molecule has 108 valence electrons. The molecule has 0 spiro atoms. The van der Waals surface area contributed by atoms with Gasteiger partial charge in [0.05, 0.1) is 0 Å². The van der Waals surface area contributed by atoms with E-state index in [1.165, 1.54) is 6.08 Å². The lowest BCUT2D eigenvalue weighted by atomic mass is 9.66. The molecule has 0 aliphatic heterocycles. The molecule has 2 nitrogen and oxygen atoms in total. The predicted molar refractivity (Wildman–Crippen MR) is 86.6 cm³/mol. The molecule has 0 saturated heterocycles. The maximum absolute atomic E-state index is 12.2. The van der Waals surface area contributed by atoms with Crippen LogP contribution in [0.15, 0.2) is 37.0 Å². The van der Waals surface area contributed by atoms with Gasteiger partial charge in [0, 0.05) is 11.0 Å². The lowest BCUT2D eigenvalue weighted by molar-refractivity contribution is -0.118. The van der Waals surface area contributed by atoms with Crippen LogP contribution in [-0.2, 0) is 4.79 Å². The second kappa shape index (κ2) is 6.96. The number of hydrogen-bond donors (Lipinski definition) is 1. The summed E-state index contributed by atoms with van der Waals surface area (Å²) in [4.78, 5) is 12.2. The van der Waals surface area contributed by atoms with Crippen LogP contribution in [0.2, 0.25) is 0 Å². The van der Waals surface area contributed by atoms with Crippen LogP contribution in [-0.4, -0.2) is 19.2 Å². The first-order chi connectivity index (χ1) is 9.32. The summed E-state index contributed by atoms with van der Waals surface area (Å²) in [5.74, 6) is -0.165. The molecule has 1 amide bonds. The van der Waals surface area contributed by atoms with E-state index in [1.54, 1.807) is 12.2 Å². The number of hydrogen-bond acceptors (Lipinski definition) is 1. The molecular formula is C17H26BNO. The Morgan fingerprint density at radius 3 is 2.15 bits per heavy atom. The molecule has 3 heteroatoms. The van der Waals surface area contributed by atoms with E-state index in [0.29, 0.717) is 11.0 Å². The topological polar surface area (TPSA) is 29.1 Å². The highest BCUT2D eigenvalue weighted by Crippen LogP contribution is 2.35. The molecule has 1 aliphatic carbocycles. The lowest BCUT2D eigenvalue weighted by Crippen LogP contribution is -2.50. The Labute approximate surface area is 124 Å². The third kappa shape index (κ3) is 5.03. The van der Waals surface area contributed by atoms with Gasteiger partial charge < -0.3 is 5.32 Å². The van der Waals surface area contributed by atoms with Crippen molar-refractivity contribution in [1.29, 1.82) is 0 Å². The van der Waals surface area contributed by atoms with Gasteiger partial charge >= 0.3 is 0 Å². The average Bonchev–Trinajstić information content (AvgIpc) is 2.33. The maximum Gasteiger partial charge on any atom is 0.251 e. The van der Waals surface area contributed by atoms with E-state index in [1.807, 2.05) is 0 Å². The summed E-state index contributed by atoms with van der Waals surface area (Å²) in [5.41, 5.74) is 0.296. The van der Waals surface area contributed by atoms with E-state index in [2.05, 4.69) is 32.3 Å². The van der Waals surface area contributed by atoms with Gasteiger partial charge in [-0.25, -0.2) is 0 Å². The Kier molecular flexibility index (Phi) is 5.85. The largest absolute Gasteiger partial charge is 0.355 e. The summed E-state index contributed by atoms with van der Waals surface area (Å²) in [6, 6.07) is 0. The van der Waals surface area contributed by atoms with E-state index in [4.69, 9.17) is 7.85 Å². The molecule has 1 saturated carbocycles. The van der Waals surface area contributed by atoms with Gasteiger partial charge in [-0.05, 0) is 31.1 Å². The summed E-state index contributed by atoms with van der Waals surface area (Å²) < 4.78 is 0. The van der Waals surface area contributed by atoms with Crippen LogP contribution in [0.3, 0.4) is 0 Å². The first kappa shape index (κ1) is 16.8. The first-order valence-corrected chi connectivity index (χ1v) is 7.38. The summed E-state index contributed by atoms with van der Waals surface area (Å²) in [5, 5.41) is 2.98. The van der Waals surface area contributed by atoms with Crippen molar-refractivity contribution in [3.05, 3.63) is 37.0 Å². The molecular weight excluding hydrogens is 245 g/mol. The normalized spacial score (nSPS) is 22.2. The van der Waals surface area contributed by atoms with E-state index >= 15 is 0 Å². The zero-order valence-corrected chi connectivity index (χ0v) is 12.9. The van der Waals surface area contributed by atoms with E-state index in [9.17, 15) is 4.79 Å². The first-order valence-electron chi connectivity index (χ1n) is 7.38. The minimum Gasteiger partial charge on any atom is -0.355 e. The molecule has 1 fully saturated rings. The summed E-state index contributed by atoms with van der Waals surface area (Å²) in [6.07, 6.45) is 10.8. The number of nitrogens with one attached hydrogen (secondary N) is 1. The molecule has 0 bridgehead atoms. The summed E-state index contributed by atoms with van der Waals surface area (Å²) >= 11 is 0. The Bertz CT molecular complexity index is 397. The third-order valence-electron chi connectivity index (χ3n) is 4.09. The van der Waals surface area contributed by atoms with Crippen LogP contribution in [0.1, 0.15) is 52.4 Å². The second-order valence-corrected chi connectivity index (χ2v) is 6.54. The SMILES string of the molecule is [B]C1(NC(=O)/C(C=C)=C/C=C)CCCC(C)(C)CCC1. The number of allylic oxidation sites excluding steroid dienone is 2.